The number of carbonyl (C=O) groups is 2. The van der Waals surface area contributed by atoms with E-state index in [1.54, 1.807) is 18.2 Å². The van der Waals surface area contributed by atoms with Crippen LogP contribution in [-0.4, -0.2) is 25.4 Å². The van der Waals surface area contributed by atoms with Gasteiger partial charge >= 0.3 is 0 Å². The van der Waals surface area contributed by atoms with Gasteiger partial charge in [-0.1, -0.05) is 6.07 Å². The number of nitrogens with one attached hydrogen (secondary N) is 1. The highest BCUT2D eigenvalue weighted by Crippen LogP contribution is 2.26. The van der Waals surface area contributed by atoms with E-state index in [9.17, 15) is 9.59 Å². The van der Waals surface area contributed by atoms with Crippen molar-refractivity contribution in [1.29, 1.82) is 0 Å². The fourth-order valence-electron chi connectivity index (χ4n) is 3.03. The van der Waals surface area contributed by atoms with Gasteiger partial charge in [0.25, 0.3) is 5.91 Å². The summed E-state index contributed by atoms with van der Waals surface area (Å²) in [5.41, 5.74) is 3.83. The van der Waals surface area contributed by atoms with E-state index >= 15 is 0 Å². The molecule has 0 unspecified atom stereocenters. The summed E-state index contributed by atoms with van der Waals surface area (Å²) in [7, 11) is 1.53. The van der Waals surface area contributed by atoms with Crippen LogP contribution in [0.15, 0.2) is 36.4 Å². The minimum atomic E-state index is -0.261. The van der Waals surface area contributed by atoms with Gasteiger partial charge in [-0.3, -0.25) is 9.59 Å². The fourth-order valence-corrected chi connectivity index (χ4v) is 3.03. The highest BCUT2D eigenvalue weighted by atomic mass is 16.5. The molecular formula is C20H21NO4. The Bertz CT molecular complexity index is 813. The minimum Gasteiger partial charge on any atom is -0.497 e. The Morgan fingerprint density at radius 3 is 2.64 bits per heavy atom. The maximum Gasteiger partial charge on any atom is 0.262 e. The molecule has 1 aliphatic rings. The number of carbonyl (C=O) groups excluding carboxylic acids is 2. The van der Waals surface area contributed by atoms with Gasteiger partial charge in [-0.05, 0) is 67.6 Å². The van der Waals surface area contributed by atoms with Crippen molar-refractivity contribution in [2.45, 2.75) is 26.2 Å². The first kappa shape index (κ1) is 17.0. The second kappa shape index (κ2) is 7.38. The summed E-state index contributed by atoms with van der Waals surface area (Å²) in [6, 6.07) is 10.9. The van der Waals surface area contributed by atoms with Crippen LogP contribution in [0.3, 0.4) is 0 Å². The molecule has 0 fully saturated rings. The molecule has 0 aromatic heterocycles. The van der Waals surface area contributed by atoms with E-state index in [-0.39, 0.29) is 18.3 Å². The maximum atomic E-state index is 12.1. The molecule has 0 bridgehead atoms. The van der Waals surface area contributed by atoms with Crippen LogP contribution < -0.4 is 14.8 Å². The molecule has 130 valence electrons. The molecule has 0 radical (unpaired) electrons. The second-order valence-electron chi connectivity index (χ2n) is 6.09. The van der Waals surface area contributed by atoms with Crippen LogP contribution in [0.2, 0.25) is 0 Å². The molecule has 1 amide bonds. The number of ketones is 1. The monoisotopic (exact) mass is 339 g/mol. The molecule has 0 saturated carbocycles. The van der Waals surface area contributed by atoms with Crippen LogP contribution in [0.25, 0.3) is 0 Å². The van der Waals surface area contributed by atoms with Gasteiger partial charge in [0, 0.05) is 5.69 Å². The Balaban J connectivity index is 1.63. The lowest BCUT2D eigenvalue weighted by Gasteiger charge is -2.12. The van der Waals surface area contributed by atoms with Gasteiger partial charge < -0.3 is 14.8 Å². The number of aryl methyl sites for hydroxylation is 2. The smallest absolute Gasteiger partial charge is 0.262 e. The summed E-state index contributed by atoms with van der Waals surface area (Å²) >= 11 is 0. The van der Waals surface area contributed by atoms with E-state index in [2.05, 4.69) is 11.4 Å². The maximum absolute atomic E-state index is 12.1. The SMILES string of the molecule is COc1ccc(OCC(=O)Nc2ccc3c(c2)CCC3)c(C(C)=O)c1. The van der Waals surface area contributed by atoms with Crippen LogP contribution in [-0.2, 0) is 17.6 Å². The molecule has 0 aliphatic heterocycles. The molecule has 1 aliphatic carbocycles. The number of hydrogen-bond acceptors (Lipinski definition) is 4. The van der Waals surface area contributed by atoms with Crippen molar-refractivity contribution in [2.75, 3.05) is 19.0 Å². The van der Waals surface area contributed by atoms with Crippen LogP contribution in [0, 0.1) is 0 Å². The molecule has 5 nitrogen and oxygen atoms in total. The van der Waals surface area contributed by atoms with Crippen molar-refractivity contribution in [3.05, 3.63) is 53.1 Å². The number of Topliss-reactive ketones (excluding diaryl/α,β-unsaturated/α-hetero) is 1. The second-order valence-corrected chi connectivity index (χ2v) is 6.09. The molecule has 5 heteroatoms. The van der Waals surface area contributed by atoms with Gasteiger partial charge in [0.1, 0.15) is 11.5 Å². The summed E-state index contributed by atoms with van der Waals surface area (Å²) < 4.78 is 10.7. The quantitative estimate of drug-likeness (QED) is 0.819. The summed E-state index contributed by atoms with van der Waals surface area (Å²) in [6.45, 7) is 1.29. The number of hydrogen-bond donors (Lipinski definition) is 1. The lowest BCUT2D eigenvalue weighted by atomic mass is 10.1. The Kier molecular flexibility index (Phi) is 5.03. The van der Waals surface area contributed by atoms with Crippen LogP contribution in [0.1, 0.15) is 34.8 Å². The number of ether oxygens (including phenoxy) is 2. The van der Waals surface area contributed by atoms with E-state index in [4.69, 9.17) is 9.47 Å². The zero-order valence-electron chi connectivity index (χ0n) is 14.4. The zero-order valence-corrected chi connectivity index (χ0v) is 14.4. The molecule has 0 spiro atoms. The van der Waals surface area contributed by atoms with Gasteiger partial charge in [-0.15, -0.1) is 0 Å². The first-order chi connectivity index (χ1) is 12.1. The Hall–Kier alpha value is -2.82. The van der Waals surface area contributed by atoms with E-state index in [1.807, 2.05) is 12.1 Å². The summed E-state index contributed by atoms with van der Waals surface area (Å²) in [5.74, 6) is 0.536. The average molecular weight is 339 g/mol. The van der Waals surface area contributed by atoms with Crippen LogP contribution in [0.4, 0.5) is 5.69 Å². The fraction of sp³-hybridized carbons (Fsp3) is 0.300. The topological polar surface area (TPSA) is 64.6 Å². The molecule has 0 saturated heterocycles. The van der Waals surface area contributed by atoms with Gasteiger partial charge in [0.2, 0.25) is 0 Å². The van der Waals surface area contributed by atoms with Crippen molar-refractivity contribution >= 4 is 17.4 Å². The number of fused-ring (bicyclic) bond motifs is 1. The third kappa shape index (κ3) is 3.99. The molecule has 3 rings (SSSR count). The standard InChI is InChI=1S/C20H21NO4/c1-13(22)18-11-17(24-2)8-9-19(18)25-12-20(23)21-16-7-6-14-4-3-5-15(14)10-16/h6-11H,3-5,12H2,1-2H3,(H,21,23). The van der Waals surface area contributed by atoms with Gasteiger partial charge in [0.05, 0.1) is 12.7 Å². The molecule has 2 aromatic rings. The van der Waals surface area contributed by atoms with Gasteiger partial charge in [-0.25, -0.2) is 0 Å². The molecule has 0 heterocycles. The minimum absolute atomic E-state index is 0.145. The first-order valence-electron chi connectivity index (χ1n) is 8.30. The predicted octanol–water partition coefficient (Wildman–Crippen LogP) is 3.40. The van der Waals surface area contributed by atoms with Gasteiger partial charge in [0.15, 0.2) is 12.4 Å². The number of amides is 1. The van der Waals surface area contributed by atoms with Crippen molar-refractivity contribution in [3.8, 4) is 11.5 Å². The normalized spacial score (nSPS) is 12.4. The lowest BCUT2D eigenvalue weighted by molar-refractivity contribution is -0.118. The third-order valence-electron chi connectivity index (χ3n) is 4.31. The van der Waals surface area contributed by atoms with Crippen LogP contribution in [0.5, 0.6) is 11.5 Å². The van der Waals surface area contributed by atoms with E-state index in [0.717, 1.165) is 18.5 Å². The first-order valence-corrected chi connectivity index (χ1v) is 8.30. The summed E-state index contributed by atoms with van der Waals surface area (Å²) in [6.07, 6.45) is 3.34. The van der Waals surface area contributed by atoms with Crippen molar-refractivity contribution in [1.82, 2.24) is 0 Å². The number of benzene rings is 2. The largest absolute Gasteiger partial charge is 0.497 e. The number of anilines is 1. The highest BCUT2D eigenvalue weighted by molar-refractivity contribution is 5.97. The van der Waals surface area contributed by atoms with E-state index < -0.39 is 0 Å². The molecule has 2 aromatic carbocycles. The number of methoxy groups -OCH3 is 1. The lowest BCUT2D eigenvalue weighted by Crippen LogP contribution is -2.20. The molecule has 1 N–H and O–H groups in total. The van der Waals surface area contributed by atoms with E-state index in [1.165, 1.54) is 31.6 Å². The average Bonchev–Trinajstić information content (AvgIpc) is 3.07. The Morgan fingerprint density at radius 1 is 1.08 bits per heavy atom. The summed E-state index contributed by atoms with van der Waals surface area (Å²) in [4.78, 5) is 23.9. The van der Waals surface area contributed by atoms with Gasteiger partial charge in [-0.2, -0.15) is 0 Å². The summed E-state index contributed by atoms with van der Waals surface area (Å²) in [5, 5.41) is 2.84. The van der Waals surface area contributed by atoms with Crippen molar-refractivity contribution in [3.63, 3.8) is 0 Å². The molecule has 0 atom stereocenters. The Morgan fingerprint density at radius 2 is 1.88 bits per heavy atom. The molecule has 25 heavy (non-hydrogen) atoms. The number of rotatable bonds is 6. The molecular weight excluding hydrogens is 318 g/mol. The van der Waals surface area contributed by atoms with Crippen LogP contribution >= 0.6 is 0 Å². The zero-order chi connectivity index (χ0) is 17.8. The van der Waals surface area contributed by atoms with E-state index in [0.29, 0.717) is 17.1 Å². The van der Waals surface area contributed by atoms with Crippen molar-refractivity contribution < 1.29 is 19.1 Å². The third-order valence-corrected chi connectivity index (χ3v) is 4.31. The Labute approximate surface area is 147 Å². The van der Waals surface area contributed by atoms with Crippen molar-refractivity contribution in [2.24, 2.45) is 0 Å². The highest BCUT2D eigenvalue weighted by Gasteiger charge is 2.14. The predicted molar refractivity (Wildman–Crippen MR) is 95.6 cm³/mol.